The average Bonchev–Trinajstić information content (AvgIpc) is 3.10. The Morgan fingerprint density at radius 3 is 2.91 bits per heavy atom. The number of carboxylic acid groups (broad SMARTS) is 1. The van der Waals surface area contributed by atoms with E-state index in [0.29, 0.717) is 6.42 Å². The smallest absolute Gasteiger partial charge is 0.321 e. The van der Waals surface area contributed by atoms with E-state index < -0.39 is 12.0 Å². The number of benzene rings is 1. The summed E-state index contributed by atoms with van der Waals surface area (Å²) in [6, 6.07) is 11.2. The number of aliphatic carboxylic acids is 1. The molecule has 0 amide bonds. The lowest BCUT2D eigenvalue weighted by molar-refractivity contribution is -0.138. The number of hydrogen-bond acceptors (Lipinski definition) is 4. The molecule has 0 fully saturated rings. The van der Waals surface area contributed by atoms with Crippen LogP contribution in [0, 0.1) is 0 Å². The lowest BCUT2D eigenvalue weighted by Gasteiger charge is -2.12. The van der Waals surface area contributed by atoms with Crippen molar-refractivity contribution >= 4 is 56.1 Å². The van der Waals surface area contributed by atoms with Crippen LogP contribution in [-0.4, -0.2) is 22.1 Å². The molecule has 3 rings (SSSR count). The molecule has 1 aromatic carbocycles. The molecule has 1 unspecified atom stereocenters. The first-order chi connectivity index (χ1) is 10.6. The van der Waals surface area contributed by atoms with Crippen LogP contribution in [0.1, 0.15) is 5.56 Å². The predicted octanol–water partition coefficient (Wildman–Crippen LogP) is 4.28. The Morgan fingerprint density at radius 2 is 2.18 bits per heavy atom. The maximum absolute atomic E-state index is 11.5. The van der Waals surface area contributed by atoms with E-state index in [1.54, 1.807) is 11.3 Å². The monoisotopic (exact) mass is 396 g/mol. The summed E-state index contributed by atoms with van der Waals surface area (Å²) < 4.78 is 5.10. The van der Waals surface area contributed by atoms with Gasteiger partial charge in [0.25, 0.3) is 0 Å². The number of para-hydroxylation sites is 1. The zero-order valence-electron chi connectivity index (χ0n) is 11.4. The molecule has 3 N–H and O–H groups in total. The molecule has 0 saturated carbocycles. The first kappa shape index (κ1) is 15.6. The van der Waals surface area contributed by atoms with Crippen molar-refractivity contribution < 1.29 is 9.90 Å². The zero-order valence-corrected chi connectivity index (χ0v) is 14.6. The van der Waals surface area contributed by atoms with Crippen LogP contribution >= 0.6 is 39.2 Å². The molecule has 0 spiro atoms. The third kappa shape index (κ3) is 3.55. The van der Waals surface area contributed by atoms with Crippen LogP contribution in [0.3, 0.4) is 0 Å². The Kier molecular flexibility index (Phi) is 4.87. The first-order valence-electron chi connectivity index (χ1n) is 6.59. The van der Waals surface area contributed by atoms with Crippen molar-refractivity contribution in [2.45, 2.75) is 16.7 Å². The van der Waals surface area contributed by atoms with Crippen LogP contribution in [0.4, 0.5) is 0 Å². The number of rotatable bonds is 6. The molecule has 2 aromatic heterocycles. The Bertz CT molecular complexity index is 800. The molecule has 0 bridgehead atoms. The number of aromatic nitrogens is 1. The quantitative estimate of drug-likeness (QED) is 0.543. The van der Waals surface area contributed by atoms with Crippen molar-refractivity contribution in [3.8, 4) is 0 Å². The summed E-state index contributed by atoms with van der Waals surface area (Å²) >= 11 is 6.32. The van der Waals surface area contributed by atoms with E-state index >= 15 is 0 Å². The fraction of sp³-hybridized carbons (Fsp3) is 0.133. The second kappa shape index (κ2) is 6.87. The van der Waals surface area contributed by atoms with Crippen molar-refractivity contribution in [2.24, 2.45) is 0 Å². The van der Waals surface area contributed by atoms with Crippen LogP contribution in [-0.2, 0) is 11.2 Å². The number of carbonyl (C=O) groups is 1. The van der Waals surface area contributed by atoms with Gasteiger partial charge in [0.2, 0.25) is 0 Å². The number of halogens is 1. The third-order valence-electron chi connectivity index (χ3n) is 3.25. The predicted molar refractivity (Wildman–Crippen MR) is 94.4 cm³/mol. The zero-order chi connectivity index (χ0) is 15.5. The summed E-state index contributed by atoms with van der Waals surface area (Å²) in [5.74, 6) is -0.853. The lowest BCUT2D eigenvalue weighted by atomic mass is 10.1. The number of nitrogens with one attached hydrogen (secondary N) is 2. The second-order valence-corrected chi connectivity index (χ2v) is 8.33. The van der Waals surface area contributed by atoms with E-state index in [2.05, 4.69) is 25.6 Å². The summed E-state index contributed by atoms with van der Waals surface area (Å²) in [5, 5.41) is 10.5. The van der Waals surface area contributed by atoms with Gasteiger partial charge in [0, 0.05) is 23.5 Å². The number of H-pyrrole nitrogens is 1. The average molecular weight is 397 g/mol. The largest absolute Gasteiger partial charge is 0.480 e. The first-order valence-corrected chi connectivity index (χ1v) is 9.01. The molecule has 4 nitrogen and oxygen atoms in total. The van der Waals surface area contributed by atoms with Crippen molar-refractivity contribution in [2.75, 3.05) is 0 Å². The topological polar surface area (TPSA) is 65.1 Å². The number of fused-ring (bicyclic) bond motifs is 1. The molecule has 0 aliphatic carbocycles. The third-order valence-corrected chi connectivity index (χ3v) is 5.91. The molecule has 7 heteroatoms. The Balaban J connectivity index is 1.73. The maximum atomic E-state index is 11.5. The fourth-order valence-corrected chi connectivity index (χ4v) is 4.78. The maximum Gasteiger partial charge on any atom is 0.321 e. The van der Waals surface area contributed by atoms with Crippen LogP contribution < -0.4 is 4.72 Å². The highest BCUT2D eigenvalue weighted by atomic mass is 79.9. The van der Waals surface area contributed by atoms with Gasteiger partial charge in [-0.1, -0.05) is 18.2 Å². The van der Waals surface area contributed by atoms with Gasteiger partial charge >= 0.3 is 5.97 Å². The molecule has 0 saturated heterocycles. The lowest BCUT2D eigenvalue weighted by Crippen LogP contribution is -2.34. The van der Waals surface area contributed by atoms with Gasteiger partial charge < -0.3 is 10.1 Å². The van der Waals surface area contributed by atoms with E-state index in [0.717, 1.165) is 24.5 Å². The van der Waals surface area contributed by atoms with Gasteiger partial charge in [-0.05, 0) is 51.6 Å². The SMILES string of the molecule is O=C(O)C(Cc1c[nH]c2ccccc12)NSc1ccc(Br)s1. The molecule has 2 heterocycles. The highest BCUT2D eigenvalue weighted by Crippen LogP contribution is 2.29. The van der Waals surface area contributed by atoms with Gasteiger partial charge in [-0.3, -0.25) is 4.79 Å². The molecular weight excluding hydrogens is 384 g/mol. The molecule has 0 aliphatic rings. The van der Waals surface area contributed by atoms with E-state index in [1.165, 1.54) is 11.9 Å². The minimum Gasteiger partial charge on any atom is -0.480 e. The molecule has 0 aliphatic heterocycles. The number of carboxylic acids is 1. The number of thiophene rings is 1. The van der Waals surface area contributed by atoms with Gasteiger partial charge in [0.1, 0.15) is 6.04 Å². The molecule has 3 aromatic rings. The van der Waals surface area contributed by atoms with Crippen molar-refractivity contribution in [3.63, 3.8) is 0 Å². The van der Waals surface area contributed by atoms with Gasteiger partial charge in [-0.2, -0.15) is 0 Å². The van der Waals surface area contributed by atoms with Crippen LogP contribution in [0.2, 0.25) is 0 Å². The molecule has 114 valence electrons. The minimum atomic E-state index is -0.853. The summed E-state index contributed by atoms with van der Waals surface area (Å²) in [6.07, 6.45) is 2.31. The molecular formula is C15H13BrN2O2S2. The normalized spacial score (nSPS) is 12.6. The summed E-state index contributed by atoms with van der Waals surface area (Å²) in [6.45, 7) is 0. The Labute approximate surface area is 144 Å². The van der Waals surface area contributed by atoms with Gasteiger partial charge in [0.15, 0.2) is 0 Å². The van der Waals surface area contributed by atoms with Gasteiger partial charge in [0.05, 0.1) is 8.00 Å². The molecule has 22 heavy (non-hydrogen) atoms. The van der Waals surface area contributed by atoms with Crippen LogP contribution in [0.5, 0.6) is 0 Å². The van der Waals surface area contributed by atoms with Crippen molar-refractivity contribution in [3.05, 3.63) is 51.9 Å². The van der Waals surface area contributed by atoms with E-state index in [4.69, 9.17) is 0 Å². The van der Waals surface area contributed by atoms with Crippen molar-refractivity contribution in [1.29, 1.82) is 0 Å². The molecule has 0 radical (unpaired) electrons. The molecule has 1 atom stereocenters. The summed E-state index contributed by atoms with van der Waals surface area (Å²) in [4.78, 5) is 14.7. The van der Waals surface area contributed by atoms with Gasteiger partial charge in [-0.25, -0.2) is 4.72 Å². The highest BCUT2D eigenvalue weighted by molar-refractivity contribution is 9.11. The Hall–Kier alpha value is -1.28. The minimum absolute atomic E-state index is 0.429. The number of hydrogen-bond donors (Lipinski definition) is 3. The highest BCUT2D eigenvalue weighted by Gasteiger charge is 2.20. The standard InChI is InChI=1S/C15H13BrN2O2S2/c16-13-5-6-14(21-13)22-18-12(15(19)20)7-9-8-17-11-4-2-1-3-10(9)11/h1-6,8,12,17-18H,7H2,(H,19,20). The van der Waals surface area contributed by atoms with Crippen molar-refractivity contribution in [1.82, 2.24) is 9.71 Å². The van der Waals surface area contributed by atoms with Crippen LogP contribution in [0.15, 0.2) is 50.6 Å². The second-order valence-electron chi connectivity index (χ2n) is 4.73. The van der Waals surface area contributed by atoms with E-state index in [9.17, 15) is 9.90 Å². The summed E-state index contributed by atoms with van der Waals surface area (Å²) in [5.41, 5.74) is 2.03. The summed E-state index contributed by atoms with van der Waals surface area (Å²) in [7, 11) is 0. The van der Waals surface area contributed by atoms with Crippen LogP contribution in [0.25, 0.3) is 10.9 Å². The van der Waals surface area contributed by atoms with Gasteiger partial charge in [-0.15, -0.1) is 11.3 Å². The van der Waals surface area contributed by atoms with E-state index in [1.807, 2.05) is 42.6 Å². The fourth-order valence-electron chi connectivity index (χ4n) is 2.18. The van der Waals surface area contributed by atoms with E-state index in [-0.39, 0.29) is 0 Å². The number of aromatic amines is 1. The Morgan fingerprint density at radius 1 is 1.36 bits per heavy atom.